The molecule has 20 heavy (non-hydrogen) atoms. The molecular formula is C16H23NO3. The molecule has 0 amide bonds. The minimum Gasteiger partial charge on any atom is -0.496 e. The Morgan fingerprint density at radius 2 is 2.10 bits per heavy atom. The molecule has 1 atom stereocenters. The molecule has 110 valence electrons. The van der Waals surface area contributed by atoms with E-state index in [2.05, 4.69) is 17.9 Å². The van der Waals surface area contributed by atoms with E-state index >= 15 is 0 Å². The fraction of sp³-hybridized carbons (Fsp3) is 0.562. The van der Waals surface area contributed by atoms with E-state index in [4.69, 9.17) is 4.74 Å². The first kappa shape index (κ1) is 14.9. The molecule has 1 unspecified atom stereocenters. The summed E-state index contributed by atoms with van der Waals surface area (Å²) in [4.78, 5) is 13.4. The fourth-order valence-electron chi connectivity index (χ4n) is 2.92. The molecule has 0 radical (unpaired) electrons. The van der Waals surface area contributed by atoms with E-state index in [0.717, 1.165) is 42.7 Å². The van der Waals surface area contributed by atoms with Gasteiger partial charge < -0.3 is 9.84 Å². The molecule has 0 aliphatic carbocycles. The van der Waals surface area contributed by atoms with Gasteiger partial charge in [0, 0.05) is 6.54 Å². The Morgan fingerprint density at radius 3 is 2.75 bits per heavy atom. The Bertz CT molecular complexity index is 499. The normalized spacial score (nSPS) is 19.9. The number of carboxylic acids is 1. The second-order valence-electron chi connectivity index (χ2n) is 5.57. The van der Waals surface area contributed by atoms with Gasteiger partial charge >= 0.3 is 5.97 Å². The minimum atomic E-state index is -0.701. The maximum atomic E-state index is 11.3. The Morgan fingerprint density at radius 1 is 1.35 bits per heavy atom. The van der Waals surface area contributed by atoms with Crippen molar-refractivity contribution >= 4 is 5.97 Å². The summed E-state index contributed by atoms with van der Waals surface area (Å²) in [7, 11) is 1.67. The molecule has 1 saturated heterocycles. The molecule has 0 spiro atoms. The van der Waals surface area contributed by atoms with Gasteiger partial charge in [-0.1, -0.05) is 12.5 Å². The number of hydrogen-bond donors (Lipinski definition) is 1. The lowest BCUT2D eigenvalue weighted by Gasteiger charge is -2.33. The van der Waals surface area contributed by atoms with Crippen molar-refractivity contribution in [1.29, 1.82) is 0 Å². The molecule has 1 heterocycles. The number of benzene rings is 1. The van der Waals surface area contributed by atoms with Gasteiger partial charge in [0.15, 0.2) is 0 Å². The lowest BCUT2D eigenvalue weighted by Crippen LogP contribution is -2.44. The number of aryl methyl sites for hydroxylation is 2. The number of carbonyl (C=O) groups is 1. The van der Waals surface area contributed by atoms with Crippen LogP contribution in [0.5, 0.6) is 5.75 Å². The average molecular weight is 277 g/mol. The zero-order chi connectivity index (χ0) is 14.7. The van der Waals surface area contributed by atoms with E-state index in [-0.39, 0.29) is 6.04 Å². The SMILES string of the molecule is COc1cc(C)c(CN2CCCCC2C(=O)O)cc1C. The number of piperidine rings is 1. The van der Waals surface area contributed by atoms with Gasteiger partial charge in [-0.05, 0) is 56.0 Å². The number of ether oxygens (including phenoxy) is 1. The number of likely N-dealkylation sites (tertiary alicyclic amines) is 1. The highest BCUT2D eigenvalue weighted by Gasteiger charge is 2.28. The first-order valence-corrected chi connectivity index (χ1v) is 7.14. The minimum absolute atomic E-state index is 0.342. The molecule has 4 nitrogen and oxygen atoms in total. The van der Waals surface area contributed by atoms with E-state index in [1.54, 1.807) is 7.11 Å². The molecule has 0 saturated carbocycles. The Balaban J connectivity index is 2.20. The third-order valence-electron chi connectivity index (χ3n) is 4.13. The average Bonchev–Trinajstić information content (AvgIpc) is 2.42. The van der Waals surface area contributed by atoms with Crippen LogP contribution in [-0.4, -0.2) is 35.7 Å². The van der Waals surface area contributed by atoms with Crippen LogP contribution in [0.15, 0.2) is 12.1 Å². The fourth-order valence-corrected chi connectivity index (χ4v) is 2.92. The summed E-state index contributed by atoms with van der Waals surface area (Å²) in [6.07, 6.45) is 2.84. The summed E-state index contributed by atoms with van der Waals surface area (Å²) in [6.45, 7) is 5.64. The molecule has 1 N–H and O–H groups in total. The number of nitrogens with zero attached hydrogens (tertiary/aromatic N) is 1. The maximum absolute atomic E-state index is 11.3. The van der Waals surface area contributed by atoms with Gasteiger partial charge in [0.1, 0.15) is 11.8 Å². The van der Waals surface area contributed by atoms with E-state index in [1.807, 2.05) is 13.0 Å². The predicted molar refractivity (Wildman–Crippen MR) is 78.2 cm³/mol. The number of aliphatic carboxylic acids is 1. The number of methoxy groups -OCH3 is 1. The first-order valence-electron chi connectivity index (χ1n) is 7.14. The third kappa shape index (κ3) is 3.12. The molecule has 2 rings (SSSR count). The van der Waals surface area contributed by atoms with Gasteiger partial charge in [-0.2, -0.15) is 0 Å². The first-order chi connectivity index (χ1) is 9.52. The van der Waals surface area contributed by atoms with Crippen LogP contribution in [0, 0.1) is 13.8 Å². The number of carboxylic acid groups (broad SMARTS) is 1. The largest absolute Gasteiger partial charge is 0.496 e. The number of hydrogen-bond acceptors (Lipinski definition) is 3. The summed E-state index contributed by atoms with van der Waals surface area (Å²) in [5.74, 6) is 0.187. The molecule has 1 aliphatic rings. The Labute approximate surface area is 120 Å². The Hall–Kier alpha value is -1.55. The zero-order valence-corrected chi connectivity index (χ0v) is 12.5. The van der Waals surface area contributed by atoms with Crippen LogP contribution in [0.3, 0.4) is 0 Å². The van der Waals surface area contributed by atoms with Gasteiger partial charge in [0.2, 0.25) is 0 Å². The molecule has 1 aromatic carbocycles. The summed E-state index contributed by atoms with van der Waals surface area (Å²) in [5, 5.41) is 9.33. The van der Waals surface area contributed by atoms with Crippen molar-refractivity contribution in [2.24, 2.45) is 0 Å². The van der Waals surface area contributed by atoms with E-state index in [0.29, 0.717) is 6.54 Å². The summed E-state index contributed by atoms with van der Waals surface area (Å²) in [5.41, 5.74) is 3.44. The Kier molecular flexibility index (Phi) is 4.65. The van der Waals surface area contributed by atoms with Crippen molar-refractivity contribution in [2.75, 3.05) is 13.7 Å². The van der Waals surface area contributed by atoms with Gasteiger partial charge in [0.05, 0.1) is 7.11 Å². The smallest absolute Gasteiger partial charge is 0.320 e. The van der Waals surface area contributed by atoms with Gasteiger partial charge in [0.25, 0.3) is 0 Å². The van der Waals surface area contributed by atoms with Crippen LogP contribution < -0.4 is 4.74 Å². The monoisotopic (exact) mass is 277 g/mol. The van der Waals surface area contributed by atoms with Crippen molar-refractivity contribution in [3.05, 3.63) is 28.8 Å². The lowest BCUT2D eigenvalue weighted by atomic mass is 9.99. The van der Waals surface area contributed by atoms with Crippen LogP contribution in [0.4, 0.5) is 0 Å². The predicted octanol–water partition coefficient (Wildman–Crippen LogP) is 2.75. The van der Waals surface area contributed by atoms with Crippen molar-refractivity contribution in [3.63, 3.8) is 0 Å². The summed E-state index contributed by atoms with van der Waals surface area (Å²) < 4.78 is 5.32. The van der Waals surface area contributed by atoms with Gasteiger partial charge in [-0.25, -0.2) is 0 Å². The molecule has 1 aromatic rings. The molecular weight excluding hydrogens is 254 g/mol. The van der Waals surface area contributed by atoms with Crippen molar-refractivity contribution in [1.82, 2.24) is 4.90 Å². The van der Waals surface area contributed by atoms with Crippen molar-refractivity contribution < 1.29 is 14.6 Å². The van der Waals surface area contributed by atoms with E-state index in [1.165, 1.54) is 5.56 Å². The standard InChI is InChI=1S/C16H23NO3/c1-11-9-15(20-3)12(2)8-13(11)10-17-7-5-4-6-14(17)16(18)19/h8-9,14H,4-7,10H2,1-3H3,(H,18,19). The zero-order valence-electron chi connectivity index (χ0n) is 12.5. The van der Waals surface area contributed by atoms with Crippen LogP contribution in [-0.2, 0) is 11.3 Å². The molecule has 4 heteroatoms. The molecule has 0 aromatic heterocycles. The van der Waals surface area contributed by atoms with Crippen molar-refractivity contribution in [3.8, 4) is 5.75 Å². The highest BCUT2D eigenvalue weighted by molar-refractivity contribution is 5.73. The highest BCUT2D eigenvalue weighted by atomic mass is 16.5. The highest BCUT2D eigenvalue weighted by Crippen LogP contribution is 2.26. The molecule has 1 aliphatic heterocycles. The van der Waals surface area contributed by atoms with Crippen LogP contribution in [0.2, 0.25) is 0 Å². The second-order valence-corrected chi connectivity index (χ2v) is 5.57. The van der Waals surface area contributed by atoms with Crippen molar-refractivity contribution in [2.45, 2.75) is 45.7 Å². The summed E-state index contributed by atoms with van der Waals surface area (Å²) >= 11 is 0. The maximum Gasteiger partial charge on any atom is 0.320 e. The van der Waals surface area contributed by atoms with Crippen LogP contribution in [0.25, 0.3) is 0 Å². The van der Waals surface area contributed by atoms with Crippen LogP contribution in [0.1, 0.15) is 36.0 Å². The van der Waals surface area contributed by atoms with Gasteiger partial charge in [-0.3, -0.25) is 9.69 Å². The van der Waals surface area contributed by atoms with Crippen LogP contribution >= 0.6 is 0 Å². The number of rotatable bonds is 4. The summed E-state index contributed by atoms with van der Waals surface area (Å²) in [6, 6.07) is 3.80. The quantitative estimate of drug-likeness (QED) is 0.919. The molecule has 0 bridgehead atoms. The second kappa shape index (κ2) is 6.27. The van der Waals surface area contributed by atoms with E-state index in [9.17, 15) is 9.90 Å². The van der Waals surface area contributed by atoms with Gasteiger partial charge in [-0.15, -0.1) is 0 Å². The molecule has 1 fully saturated rings. The van der Waals surface area contributed by atoms with E-state index < -0.39 is 5.97 Å². The topological polar surface area (TPSA) is 49.8 Å². The third-order valence-corrected chi connectivity index (χ3v) is 4.13. The lowest BCUT2D eigenvalue weighted by molar-refractivity contribution is -0.144.